The van der Waals surface area contributed by atoms with E-state index in [0.717, 1.165) is 16.8 Å². The minimum atomic E-state index is -0.983. The standard InChI is InChI=1S/C26H22N2O5S/c1-16-5-3-7-20(13-16)27-26-28-24(29)22(34-26)14-19-6-4-8-21(32-2)23(19)33-15-17-9-11-18(12-10-17)25(30)31/h3-14H,15H2,1-2H3,(H,30,31)(H,27,28,29)/b22-14-. The third kappa shape index (κ3) is 5.47. The maximum absolute atomic E-state index is 12.6. The summed E-state index contributed by atoms with van der Waals surface area (Å²) < 4.78 is 11.5. The van der Waals surface area contributed by atoms with Crippen molar-refractivity contribution in [2.24, 2.45) is 4.99 Å². The Morgan fingerprint density at radius 1 is 1.12 bits per heavy atom. The van der Waals surface area contributed by atoms with Gasteiger partial charge in [0.1, 0.15) is 6.61 Å². The fraction of sp³-hybridized carbons (Fsp3) is 0.115. The first-order valence-corrected chi connectivity index (χ1v) is 11.2. The number of aryl methyl sites for hydroxylation is 1. The first kappa shape index (κ1) is 23.1. The van der Waals surface area contributed by atoms with Crippen LogP contribution in [0.15, 0.2) is 76.6 Å². The number of rotatable bonds is 7. The number of carboxylic acids is 1. The molecule has 0 radical (unpaired) electrons. The first-order chi connectivity index (χ1) is 16.4. The van der Waals surface area contributed by atoms with Crippen molar-refractivity contribution in [3.8, 4) is 11.5 Å². The van der Waals surface area contributed by atoms with Crippen molar-refractivity contribution in [3.63, 3.8) is 0 Å². The lowest BCUT2D eigenvalue weighted by atomic mass is 10.1. The number of amides is 1. The number of carboxylic acid groups (broad SMARTS) is 1. The smallest absolute Gasteiger partial charge is 0.335 e. The molecule has 0 saturated carbocycles. The van der Waals surface area contributed by atoms with Gasteiger partial charge in [0, 0.05) is 5.56 Å². The molecule has 0 spiro atoms. The SMILES string of the molecule is COc1cccc(/C=C2\SC(=Nc3cccc(C)c3)NC2=O)c1OCc1ccc(C(=O)O)cc1. The highest BCUT2D eigenvalue weighted by atomic mass is 32.2. The molecule has 0 unspecified atom stereocenters. The van der Waals surface area contributed by atoms with Gasteiger partial charge < -0.3 is 19.9 Å². The van der Waals surface area contributed by atoms with Crippen LogP contribution in [0.25, 0.3) is 6.08 Å². The predicted molar refractivity (Wildman–Crippen MR) is 133 cm³/mol. The number of amidine groups is 1. The summed E-state index contributed by atoms with van der Waals surface area (Å²) in [5.74, 6) is -0.218. The molecule has 8 heteroatoms. The Morgan fingerprint density at radius 3 is 2.59 bits per heavy atom. The number of nitrogens with one attached hydrogen (secondary N) is 1. The summed E-state index contributed by atoms with van der Waals surface area (Å²) in [6.45, 7) is 2.19. The monoisotopic (exact) mass is 474 g/mol. The van der Waals surface area contributed by atoms with Gasteiger partial charge in [0.15, 0.2) is 16.7 Å². The summed E-state index contributed by atoms with van der Waals surface area (Å²) in [7, 11) is 1.55. The molecule has 4 rings (SSSR count). The van der Waals surface area contributed by atoms with Gasteiger partial charge in [0.2, 0.25) is 0 Å². The van der Waals surface area contributed by atoms with Gasteiger partial charge in [-0.05, 0) is 66.2 Å². The van der Waals surface area contributed by atoms with E-state index in [1.54, 1.807) is 31.4 Å². The molecule has 34 heavy (non-hydrogen) atoms. The van der Waals surface area contributed by atoms with E-state index in [-0.39, 0.29) is 18.1 Å². The largest absolute Gasteiger partial charge is 0.493 e. The van der Waals surface area contributed by atoms with Gasteiger partial charge in [-0.2, -0.15) is 0 Å². The third-order valence-electron chi connectivity index (χ3n) is 4.98. The summed E-state index contributed by atoms with van der Waals surface area (Å²) in [6, 6.07) is 19.6. The fourth-order valence-corrected chi connectivity index (χ4v) is 4.13. The molecule has 1 saturated heterocycles. The Hall–Kier alpha value is -4.04. The van der Waals surface area contributed by atoms with E-state index in [1.165, 1.54) is 23.9 Å². The van der Waals surface area contributed by atoms with Gasteiger partial charge >= 0.3 is 5.97 Å². The van der Waals surface area contributed by atoms with Crippen molar-refractivity contribution < 1.29 is 24.2 Å². The average Bonchev–Trinajstić information content (AvgIpc) is 3.16. The molecule has 1 aliphatic rings. The van der Waals surface area contributed by atoms with Crippen molar-refractivity contribution in [2.45, 2.75) is 13.5 Å². The quantitative estimate of drug-likeness (QED) is 0.459. The van der Waals surface area contributed by atoms with E-state index in [0.29, 0.717) is 27.1 Å². The number of ether oxygens (including phenoxy) is 2. The summed E-state index contributed by atoms with van der Waals surface area (Å²) in [5.41, 5.74) is 3.54. The maximum Gasteiger partial charge on any atom is 0.335 e. The van der Waals surface area contributed by atoms with Crippen LogP contribution < -0.4 is 14.8 Å². The molecule has 1 fully saturated rings. The van der Waals surface area contributed by atoms with Gasteiger partial charge in [-0.3, -0.25) is 4.79 Å². The Kier molecular flexibility index (Phi) is 6.98. The van der Waals surface area contributed by atoms with Crippen LogP contribution in [0.2, 0.25) is 0 Å². The van der Waals surface area contributed by atoms with Gasteiger partial charge in [-0.15, -0.1) is 0 Å². The van der Waals surface area contributed by atoms with Crippen LogP contribution in [0.3, 0.4) is 0 Å². The lowest BCUT2D eigenvalue weighted by Gasteiger charge is -2.14. The molecule has 172 valence electrons. The molecule has 7 nitrogen and oxygen atoms in total. The van der Waals surface area contributed by atoms with E-state index in [1.807, 2.05) is 43.3 Å². The van der Waals surface area contributed by atoms with Crippen molar-refractivity contribution in [1.29, 1.82) is 0 Å². The van der Waals surface area contributed by atoms with E-state index in [9.17, 15) is 9.59 Å². The molecule has 0 aliphatic carbocycles. The molecular formula is C26H22N2O5S. The number of aromatic carboxylic acids is 1. The number of aliphatic imine (C=N–C) groups is 1. The van der Waals surface area contributed by atoms with Crippen molar-refractivity contribution in [2.75, 3.05) is 7.11 Å². The average molecular weight is 475 g/mol. The van der Waals surface area contributed by atoms with E-state index < -0.39 is 5.97 Å². The van der Waals surface area contributed by atoms with Gasteiger partial charge in [-0.25, -0.2) is 9.79 Å². The maximum atomic E-state index is 12.6. The van der Waals surface area contributed by atoms with E-state index >= 15 is 0 Å². The van der Waals surface area contributed by atoms with Crippen LogP contribution in [0.4, 0.5) is 5.69 Å². The zero-order chi connectivity index (χ0) is 24.1. The number of thioether (sulfide) groups is 1. The van der Waals surface area contributed by atoms with Crippen LogP contribution in [-0.4, -0.2) is 29.3 Å². The summed E-state index contributed by atoms with van der Waals surface area (Å²) in [6.07, 6.45) is 1.74. The Balaban J connectivity index is 1.57. The van der Waals surface area contributed by atoms with Gasteiger partial charge in [-0.1, -0.05) is 36.4 Å². The minimum Gasteiger partial charge on any atom is -0.493 e. The Morgan fingerprint density at radius 2 is 1.88 bits per heavy atom. The Labute approximate surface area is 201 Å². The molecule has 0 atom stereocenters. The molecule has 1 heterocycles. The second-order valence-electron chi connectivity index (χ2n) is 7.49. The van der Waals surface area contributed by atoms with E-state index in [2.05, 4.69) is 10.3 Å². The third-order valence-corrected chi connectivity index (χ3v) is 5.89. The molecule has 1 aliphatic heterocycles. The molecular weight excluding hydrogens is 452 g/mol. The molecule has 0 bridgehead atoms. The van der Waals surface area contributed by atoms with E-state index in [4.69, 9.17) is 14.6 Å². The second kappa shape index (κ2) is 10.3. The minimum absolute atomic E-state index is 0.204. The fourth-order valence-electron chi connectivity index (χ4n) is 3.30. The topological polar surface area (TPSA) is 97.2 Å². The molecule has 3 aromatic carbocycles. The molecule has 3 aromatic rings. The predicted octanol–water partition coefficient (Wildman–Crippen LogP) is 5.17. The van der Waals surface area contributed by atoms with Gasteiger partial charge in [0.25, 0.3) is 5.91 Å². The number of methoxy groups -OCH3 is 1. The van der Waals surface area contributed by atoms with Crippen molar-refractivity contribution >= 4 is 40.6 Å². The highest BCUT2D eigenvalue weighted by Crippen LogP contribution is 2.36. The van der Waals surface area contributed by atoms with Crippen molar-refractivity contribution in [3.05, 3.63) is 93.9 Å². The zero-order valence-corrected chi connectivity index (χ0v) is 19.4. The number of benzene rings is 3. The number of para-hydroxylation sites is 1. The lowest BCUT2D eigenvalue weighted by Crippen LogP contribution is -2.19. The molecule has 1 amide bonds. The number of hydrogen-bond donors (Lipinski definition) is 2. The molecule has 2 N–H and O–H groups in total. The van der Waals surface area contributed by atoms with Crippen LogP contribution >= 0.6 is 11.8 Å². The van der Waals surface area contributed by atoms with Crippen LogP contribution in [0, 0.1) is 6.92 Å². The van der Waals surface area contributed by atoms with Crippen LogP contribution in [0.1, 0.15) is 27.0 Å². The number of nitrogens with zero attached hydrogens (tertiary/aromatic N) is 1. The second-order valence-corrected chi connectivity index (χ2v) is 8.52. The summed E-state index contributed by atoms with van der Waals surface area (Å²) in [4.78, 5) is 28.6. The van der Waals surface area contributed by atoms with Crippen molar-refractivity contribution in [1.82, 2.24) is 5.32 Å². The highest BCUT2D eigenvalue weighted by molar-refractivity contribution is 8.18. The molecule has 0 aromatic heterocycles. The highest BCUT2D eigenvalue weighted by Gasteiger charge is 2.25. The summed E-state index contributed by atoms with van der Waals surface area (Å²) >= 11 is 1.25. The Bertz CT molecular complexity index is 1300. The van der Waals surface area contributed by atoms with Gasteiger partial charge in [0.05, 0.1) is 23.3 Å². The van der Waals surface area contributed by atoms with Crippen LogP contribution in [0.5, 0.6) is 11.5 Å². The lowest BCUT2D eigenvalue weighted by molar-refractivity contribution is -0.115. The normalized spacial score (nSPS) is 15.4. The number of carbonyl (C=O) groups excluding carboxylic acids is 1. The van der Waals surface area contributed by atoms with Crippen LogP contribution in [-0.2, 0) is 11.4 Å². The summed E-state index contributed by atoms with van der Waals surface area (Å²) in [5, 5.41) is 12.4. The number of hydrogen-bond acceptors (Lipinski definition) is 6. The first-order valence-electron chi connectivity index (χ1n) is 10.4. The number of carbonyl (C=O) groups is 2. The zero-order valence-electron chi connectivity index (χ0n) is 18.6.